The van der Waals surface area contributed by atoms with Crippen LogP contribution in [0.3, 0.4) is 0 Å². The summed E-state index contributed by atoms with van der Waals surface area (Å²) >= 11 is 0. The molecule has 0 aliphatic carbocycles. The van der Waals surface area contributed by atoms with Crippen LogP contribution in [0.5, 0.6) is 0 Å². The number of para-hydroxylation sites is 1. The van der Waals surface area contributed by atoms with Gasteiger partial charge in [-0.3, -0.25) is 4.68 Å². The van der Waals surface area contributed by atoms with Crippen molar-refractivity contribution in [1.29, 1.82) is 0 Å². The quantitative estimate of drug-likeness (QED) is 0.751. The Bertz CT molecular complexity index is 406. The Hall–Kier alpha value is -1.35. The summed E-state index contributed by atoms with van der Waals surface area (Å²) in [5.74, 6) is 0. The predicted octanol–water partition coefficient (Wildman–Crippen LogP) is 1.42. The van der Waals surface area contributed by atoms with E-state index in [1.165, 1.54) is 0 Å². The first-order valence-corrected chi connectivity index (χ1v) is 4.36. The number of aliphatic hydroxyl groups is 1. The lowest BCUT2D eigenvalue weighted by molar-refractivity contribution is 0.170. The standard InChI is InChI=1S/C10H12N2O/c1-8(13)7-12-10-5-3-2-4-9(10)6-11-12/h2-6,8,13H,7H2,1H3/t8-/m0/s1. The fourth-order valence-corrected chi connectivity index (χ4v) is 1.42. The van der Waals surface area contributed by atoms with Gasteiger partial charge in [0.05, 0.1) is 24.4 Å². The molecule has 0 aliphatic heterocycles. The summed E-state index contributed by atoms with van der Waals surface area (Å²) in [6.07, 6.45) is 1.46. The molecule has 1 N–H and O–H groups in total. The molecule has 0 amide bonds. The van der Waals surface area contributed by atoms with Crippen molar-refractivity contribution in [3.8, 4) is 0 Å². The van der Waals surface area contributed by atoms with E-state index in [0.29, 0.717) is 6.54 Å². The molecule has 68 valence electrons. The van der Waals surface area contributed by atoms with Crippen molar-refractivity contribution in [1.82, 2.24) is 9.78 Å². The van der Waals surface area contributed by atoms with Crippen LogP contribution in [-0.2, 0) is 6.54 Å². The van der Waals surface area contributed by atoms with Crippen molar-refractivity contribution in [2.45, 2.75) is 19.6 Å². The first-order valence-electron chi connectivity index (χ1n) is 4.36. The second-order valence-corrected chi connectivity index (χ2v) is 3.23. The summed E-state index contributed by atoms with van der Waals surface area (Å²) in [6, 6.07) is 7.98. The minimum Gasteiger partial charge on any atom is -0.391 e. The van der Waals surface area contributed by atoms with Crippen LogP contribution in [0.4, 0.5) is 0 Å². The van der Waals surface area contributed by atoms with E-state index >= 15 is 0 Å². The van der Waals surface area contributed by atoms with E-state index < -0.39 is 0 Å². The Balaban J connectivity index is 2.46. The molecule has 2 aromatic rings. The van der Waals surface area contributed by atoms with E-state index in [0.717, 1.165) is 10.9 Å². The maximum atomic E-state index is 9.22. The molecule has 2 rings (SSSR count). The highest BCUT2D eigenvalue weighted by molar-refractivity contribution is 5.78. The lowest BCUT2D eigenvalue weighted by Crippen LogP contribution is -2.12. The van der Waals surface area contributed by atoms with Gasteiger partial charge in [0.25, 0.3) is 0 Å². The van der Waals surface area contributed by atoms with Crippen LogP contribution < -0.4 is 0 Å². The van der Waals surface area contributed by atoms with Crippen molar-refractivity contribution in [3.63, 3.8) is 0 Å². The number of rotatable bonds is 2. The third kappa shape index (κ3) is 1.55. The van der Waals surface area contributed by atoms with Gasteiger partial charge in [-0.2, -0.15) is 5.10 Å². The first-order chi connectivity index (χ1) is 6.27. The minimum absolute atomic E-state index is 0.358. The first kappa shape index (κ1) is 8.26. The highest BCUT2D eigenvalue weighted by atomic mass is 16.3. The maximum absolute atomic E-state index is 9.22. The molecule has 0 spiro atoms. The molecule has 1 atom stereocenters. The van der Waals surface area contributed by atoms with Gasteiger partial charge in [0.15, 0.2) is 0 Å². The number of hydrogen-bond acceptors (Lipinski definition) is 2. The third-order valence-electron chi connectivity index (χ3n) is 1.99. The highest BCUT2D eigenvalue weighted by Gasteiger charge is 2.03. The third-order valence-corrected chi connectivity index (χ3v) is 1.99. The fourth-order valence-electron chi connectivity index (χ4n) is 1.42. The number of hydrogen-bond donors (Lipinski definition) is 1. The average molecular weight is 176 g/mol. The molecule has 0 radical (unpaired) electrons. The lowest BCUT2D eigenvalue weighted by atomic mass is 10.2. The Kier molecular flexibility index (Phi) is 2.02. The van der Waals surface area contributed by atoms with Gasteiger partial charge < -0.3 is 5.11 Å². The maximum Gasteiger partial charge on any atom is 0.0708 e. The lowest BCUT2D eigenvalue weighted by Gasteiger charge is -2.05. The van der Waals surface area contributed by atoms with E-state index in [9.17, 15) is 5.11 Å². The van der Waals surface area contributed by atoms with Crippen LogP contribution in [0, 0.1) is 0 Å². The largest absolute Gasteiger partial charge is 0.391 e. The molecule has 1 heterocycles. The number of nitrogens with zero attached hydrogens (tertiary/aromatic N) is 2. The van der Waals surface area contributed by atoms with E-state index in [4.69, 9.17) is 0 Å². The fraction of sp³-hybridized carbons (Fsp3) is 0.300. The SMILES string of the molecule is C[C@H](O)Cn1ncc2ccccc21. The molecular formula is C10H12N2O. The van der Waals surface area contributed by atoms with Gasteiger partial charge in [-0.05, 0) is 13.0 Å². The molecule has 0 aliphatic rings. The molecule has 0 fully saturated rings. The normalized spacial score (nSPS) is 13.4. The summed E-state index contributed by atoms with van der Waals surface area (Å²) in [6.45, 7) is 2.31. The van der Waals surface area contributed by atoms with Crippen LogP contribution in [0.25, 0.3) is 10.9 Å². The molecule has 1 aromatic heterocycles. The zero-order valence-electron chi connectivity index (χ0n) is 7.51. The van der Waals surface area contributed by atoms with Crippen molar-refractivity contribution < 1.29 is 5.11 Å². The van der Waals surface area contributed by atoms with Crippen LogP contribution in [0.1, 0.15) is 6.92 Å². The Labute approximate surface area is 76.6 Å². The minimum atomic E-state index is -0.358. The Morgan fingerprint density at radius 3 is 3.00 bits per heavy atom. The monoisotopic (exact) mass is 176 g/mol. The van der Waals surface area contributed by atoms with Gasteiger partial charge in [0, 0.05) is 5.39 Å². The number of benzene rings is 1. The van der Waals surface area contributed by atoms with Gasteiger partial charge in [0.1, 0.15) is 0 Å². The van der Waals surface area contributed by atoms with Crippen molar-refractivity contribution >= 4 is 10.9 Å². The topological polar surface area (TPSA) is 38.0 Å². The Morgan fingerprint density at radius 2 is 2.23 bits per heavy atom. The van der Waals surface area contributed by atoms with Crippen LogP contribution in [-0.4, -0.2) is 21.0 Å². The highest BCUT2D eigenvalue weighted by Crippen LogP contribution is 2.12. The molecule has 13 heavy (non-hydrogen) atoms. The molecule has 0 saturated carbocycles. The van der Waals surface area contributed by atoms with Gasteiger partial charge in [-0.1, -0.05) is 18.2 Å². The molecule has 3 heteroatoms. The molecule has 1 aromatic carbocycles. The van der Waals surface area contributed by atoms with E-state index in [-0.39, 0.29) is 6.10 Å². The van der Waals surface area contributed by atoms with Crippen molar-refractivity contribution in [2.24, 2.45) is 0 Å². The number of aliphatic hydroxyl groups excluding tert-OH is 1. The predicted molar refractivity (Wildman–Crippen MR) is 51.4 cm³/mol. The summed E-state index contributed by atoms with van der Waals surface area (Å²) in [5, 5.41) is 14.5. The van der Waals surface area contributed by atoms with E-state index in [1.807, 2.05) is 35.1 Å². The summed E-state index contributed by atoms with van der Waals surface area (Å²) < 4.78 is 1.82. The van der Waals surface area contributed by atoms with E-state index in [2.05, 4.69) is 5.10 Å². The second-order valence-electron chi connectivity index (χ2n) is 3.23. The van der Waals surface area contributed by atoms with Gasteiger partial charge in [-0.15, -0.1) is 0 Å². The Morgan fingerprint density at radius 1 is 1.46 bits per heavy atom. The van der Waals surface area contributed by atoms with Crippen LogP contribution >= 0.6 is 0 Å². The van der Waals surface area contributed by atoms with Crippen molar-refractivity contribution in [2.75, 3.05) is 0 Å². The molecular weight excluding hydrogens is 164 g/mol. The smallest absolute Gasteiger partial charge is 0.0708 e. The zero-order chi connectivity index (χ0) is 9.26. The molecule has 0 bridgehead atoms. The molecule has 0 unspecified atom stereocenters. The second kappa shape index (κ2) is 3.18. The van der Waals surface area contributed by atoms with Gasteiger partial charge >= 0.3 is 0 Å². The summed E-state index contributed by atoms with van der Waals surface area (Å²) in [5.41, 5.74) is 1.07. The zero-order valence-corrected chi connectivity index (χ0v) is 7.51. The number of fused-ring (bicyclic) bond motifs is 1. The summed E-state index contributed by atoms with van der Waals surface area (Å²) in [7, 11) is 0. The number of aromatic nitrogens is 2. The van der Waals surface area contributed by atoms with Crippen molar-refractivity contribution in [3.05, 3.63) is 30.5 Å². The van der Waals surface area contributed by atoms with E-state index in [1.54, 1.807) is 6.92 Å². The summed E-state index contributed by atoms with van der Waals surface area (Å²) in [4.78, 5) is 0. The average Bonchev–Trinajstić information content (AvgIpc) is 2.48. The van der Waals surface area contributed by atoms with Gasteiger partial charge in [-0.25, -0.2) is 0 Å². The molecule has 0 saturated heterocycles. The molecule has 3 nitrogen and oxygen atoms in total. The van der Waals surface area contributed by atoms with Crippen LogP contribution in [0.2, 0.25) is 0 Å². The van der Waals surface area contributed by atoms with Gasteiger partial charge in [0.2, 0.25) is 0 Å². The van der Waals surface area contributed by atoms with Crippen LogP contribution in [0.15, 0.2) is 30.5 Å².